The van der Waals surface area contributed by atoms with E-state index >= 15 is 0 Å². The molecule has 0 bridgehead atoms. The number of benzene rings is 1. The van der Waals surface area contributed by atoms with Crippen LogP contribution in [0, 0.1) is 18.8 Å². The van der Waals surface area contributed by atoms with Gasteiger partial charge in [-0.2, -0.15) is 0 Å². The predicted octanol–water partition coefficient (Wildman–Crippen LogP) is 1.68. The van der Waals surface area contributed by atoms with Gasteiger partial charge in [0.2, 0.25) is 0 Å². The Labute approximate surface area is 108 Å². The number of aryl methyl sites for hydroxylation is 1. The van der Waals surface area contributed by atoms with E-state index < -0.39 is 0 Å². The molecule has 3 nitrogen and oxygen atoms in total. The van der Waals surface area contributed by atoms with Crippen molar-refractivity contribution < 1.29 is 4.79 Å². The summed E-state index contributed by atoms with van der Waals surface area (Å²) in [7, 11) is 0. The molecule has 96 valence electrons. The molecule has 1 aromatic rings. The smallest absolute Gasteiger partial charge is 0.253 e. The van der Waals surface area contributed by atoms with Crippen molar-refractivity contribution in [3.05, 3.63) is 35.4 Å². The molecule has 2 unspecified atom stereocenters. The van der Waals surface area contributed by atoms with Crippen molar-refractivity contribution in [3.63, 3.8) is 0 Å². The SMILES string of the molecule is Cc1ccc(C(=O)N2CCC3CNCC3C2)cc1. The summed E-state index contributed by atoms with van der Waals surface area (Å²) in [5.74, 6) is 1.64. The van der Waals surface area contributed by atoms with E-state index in [1.54, 1.807) is 0 Å². The van der Waals surface area contributed by atoms with Crippen LogP contribution in [0.15, 0.2) is 24.3 Å². The predicted molar refractivity (Wildman–Crippen MR) is 71.5 cm³/mol. The summed E-state index contributed by atoms with van der Waals surface area (Å²) in [6.07, 6.45) is 1.15. The number of nitrogens with zero attached hydrogens (tertiary/aromatic N) is 1. The Hall–Kier alpha value is -1.35. The number of hydrogen-bond acceptors (Lipinski definition) is 2. The summed E-state index contributed by atoms with van der Waals surface area (Å²) < 4.78 is 0. The monoisotopic (exact) mass is 244 g/mol. The first-order valence-corrected chi connectivity index (χ1v) is 6.80. The van der Waals surface area contributed by atoms with Crippen LogP contribution in [0.5, 0.6) is 0 Å². The van der Waals surface area contributed by atoms with Crippen molar-refractivity contribution in [1.29, 1.82) is 0 Å². The fourth-order valence-electron chi connectivity index (χ4n) is 3.10. The fourth-order valence-corrected chi connectivity index (χ4v) is 3.10. The summed E-state index contributed by atoms with van der Waals surface area (Å²) >= 11 is 0. The highest BCUT2D eigenvalue weighted by atomic mass is 16.2. The van der Waals surface area contributed by atoms with Gasteiger partial charge in [0.1, 0.15) is 0 Å². The van der Waals surface area contributed by atoms with Crippen LogP contribution in [-0.2, 0) is 0 Å². The lowest BCUT2D eigenvalue weighted by Crippen LogP contribution is -2.43. The second kappa shape index (κ2) is 4.73. The van der Waals surface area contributed by atoms with Crippen LogP contribution in [0.3, 0.4) is 0 Å². The third kappa shape index (κ3) is 2.15. The second-order valence-corrected chi connectivity index (χ2v) is 5.58. The Morgan fingerprint density at radius 1 is 1.22 bits per heavy atom. The Balaban J connectivity index is 1.71. The number of likely N-dealkylation sites (tertiary alicyclic amines) is 1. The number of carbonyl (C=O) groups is 1. The van der Waals surface area contributed by atoms with Crippen LogP contribution < -0.4 is 5.32 Å². The van der Waals surface area contributed by atoms with Gasteiger partial charge in [0, 0.05) is 18.7 Å². The van der Waals surface area contributed by atoms with E-state index in [-0.39, 0.29) is 5.91 Å². The maximum atomic E-state index is 12.4. The summed E-state index contributed by atoms with van der Waals surface area (Å²) in [6.45, 7) is 6.09. The van der Waals surface area contributed by atoms with Gasteiger partial charge in [0.05, 0.1) is 0 Å². The first kappa shape index (κ1) is 11.7. The maximum absolute atomic E-state index is 12.4. The van der Waals surface area contributed by atoms with Crippen LogP contribution in [0.4, 0.5) is 0 Å². The molecule has 2 saturated heterocycles. The van der Waals surface area contributed by atoms with Gasteiger partial charge in [-0.3, -0.25) is 4.79 Å². The van der Waals surface area contributed by atoms with Crippen molar-refractivity contribution in [1.82, 2.24) is 10.2 Å². The molecular formula is C15H20N2O. The average molecular weight is 244 g/mol. The molecule has 2 atom stereocenters. The molecule has 0 saturated carbocycles. The fraction of sp³-hybridized carbons (Fsp3) is 0.533. The van der Waals surface area contributed by atoms with Crippen molar-refractivity contribution in [2.75, 3.05) is 26.2 Å². The minimum atomic E-state index is 0.195. The van der Waals surface area contributed by atoms with Gasteiger partial charge in [-0.25, -0.2) is 0 Å². The molecule has 3 heteroatoms. The quantitative estimate of drug-likeness (QED) is 0.815. The summed E-state index contributed by atoms with van der Waals surface area (Å²) in [4.78, 5) is 14.4. The Morgan fingerprint density at radius 3 is 2.72 bits per heavy atom. The van der Waals surface area contributed by atoms with Crippen LogP contribution in [0.25, 0.3) is 0 Å². The average Bonchev–Trinajstić information content (AvgIpc) is 2.86. The van der Waals surface area contributed by atoms with Crippen molar-refractivity contribution >= 4 is 5.91 Å². The topological polar surface area (TPSA) is 32.3 Å². The van der Waals surface area contributed by atoms with E-state index in [9.17, 15) is 4.79 Å². The largest absolute Gasteiger partial charge is 0.338 e. The first-order valence-electron chi connectivity index (χ1n) is 6.80. The number of rotatable bonds is 1. The minimum Gasteiger partial charge on any atom is -0.338 e. The molecule has 2 aliphatic rings. The molecule has 0 aromatic heterocycles. The van der Waals surface area contributed by atoms with Gasteiger partial charge in [-0.15, -0.1) is 0 Å². The molecule has 2 fully saturated rings. The molecule has 18 heavy (non-hydrogen) atoms. The zero-order chi connectivity index (χ0) is 12.5. The Morgan fingerprint density at radius 2 is 1.94 bits per heavy atom. The van der Waals surface area contributed by atoms with E-state index in [1.807, 2.05) is 36.1 Å². The lowest BCUT2D eigenvalue weighted by atomic mass is 9.88. The summed E-state index contributed by atoms with van der Waals surface area (Å²) in [5, 5.41) is 3.43. The van der Waals surface area contributed by atoms with E-state index in [2.05, 4.69) is 5.32 Å². The lowest BCUT2D eigenvalue weighted by molar-refractivity contribution is 0.0642. The normalized spacial score (nSPS) is 27.1. The second-order valence-electron chi connectivity index (χ2n) is 5.58. The number of nitrogens with one attached hydrogen (secondary N) is 1. The summed E-state index contributed by atoms with van der Waals surface area (Å²) in [5.41, 5.74) is 2.02. The number of piperidine rings is 1. The Kier molecular flexibility index (Phi) is 3.08. The van der Waals surface area contributed by atoms with E-state index in [1.165, 1.54) is 5.56 Å². The lowest BCUT2D eigenvalue weighted by Gasteiger charge is -2.34. The van der Waals surface area contributed by atoms with Crippen molar-refractivity contribution in [2.24, 2.45) is 11.8 Å². The van der Waals surface area contributed by atoms with Crippen molar-refractivity contribution in [2.45, 2.75) is 13.3 Å². The van der Waals surface area contributed by atoms with Gasteiger partial charge >= 0.3 is 0 Å². The molecule has 2 aliphatic heterocycles. The van der Waals surface area contributed by atoms with Crippen LogP contribution >= 0.6 is 0 Å². The molecule has 0 spiro atoms. The van der Waals surface area contributed by atoms with Gasteiger partial charge in [0.15, 0.2) is 0 Å². The molecule has 1 aromatic carbocycles. The highest BCUT2D eigenvalue weighted by Gasteiger charge is 2.34. The zero-order valence-corrected chi connectivity index (χ0v) is 10.9. The van der Waals surface area contributed by atoms with Gasteiger partial charge in [-0.05, 0) is 50.4 Å². The third-order valence-electron chi connectivity index (χ3n) is 4.29. The maximum Gasteiger partial charge on any atom is 0.253 e. The number of fused-ring (bicyclic) bond motifs is 1. The number of carbonyl (C=O) groups excluding carboxylic acids is 1. The Bertz CT molecular complexity index is 440. The minimum absolute atomic E-state index is 0.195. The van der Waals surface area contributed by atoms with E-state index in [0.29, 0.717) is 5.92 Å². The molecule has 0 radical (unpaired) electrons. The van der Waals surface area contributed by atoms with Crippen LogP contribution in [0.2, 0.25) is 0 Å². The van der Waals surface area contributed by atoms with Gasteiger partial charge in [-0.1, -0.05) is 17.7 Å². The highest BCUT2D eigenvalue weighted by Crippen LogP contribution is 2.27. The molecule has 2 heterocycles. The zero-order valence-electron chi connectivity index (χ0n) is 10.9. The van der Waals surface area contributed by atoms with E-state index in [0.717, 1.165) is 44.1 Å². The van der Waals surface area contributed by atoms with Gasteiger partial charge in [0.25, 0.3) is 5.91 Å². The summed E-state index contributed by atoms with van der Waals surface area (Å²) in [6, 6.07) is 7.90. The number of amides is 1. The van der Waals surface area contributed by atoms with Crippen LogP contribution in [0.1, 0.15) is 22.3 Å². The standard InChI is InChI=1S/C15H20N2O/c1-11-2-4-12(5-3-11)15(18)17-7-6-13-8-16-9-14(13)10-17/h2-5,13-14,16H,6-10H2,1H3. The van der Waals surface area contributed by atoms with Crippen molar-refractivity contribution in [3.8, 4) is 0 Å². The molecule has 1 amide bonds. The third-order valence-corrected chi connectivity index (χ3v) is 4.29. The molecule has 3 rings (SSSR count). The number of hydrogen-bond donors (Lipinski definition) is 1. The molecular weight excluding hydrogens is 224 g/mol. The highest BCUT2D eigenvalue weighted by molar-refractivity contribution is 5.94. The first-order chi connectivity index (χ1) is 8.74. The van der Waals surface area contributed by atoms with Gasteiger partial charge < -0.3 is 10.2 Å². The molecule has 1 N–H and O–H groups in total. The van der Waals surface area contributed by atoms with Crippen LogP contribution in [-0.4, -0.2) is 37.0 Å². The van der Waals surface area contributed by atoms with E-state index in [4.69, 9.17) is 0 Å². The molecule has 0 aliphatic carbocycles.